The quantitative estimate of drug-likeness (QED) is 0.722. The Balaban J connectivity index is 1.65. The highest BCUT2D eigenvalue weighted by molar-refractivity contribution is 5.61. The molecule has 21 heavy (non-hydrogen) atoms. The average Bonchev–Trinajstić information content (AvgIpc) is 2.99. The van der Waals surface area contributed by atoms with Gasteiger partial charge in [0.15, 0.2) is 0 Å². The van der Waals surface area contributed by atoms with Crippen molar-refractivity contribution in [1.82, 2.24) is 15.0 Å². The summed E-state index contributed by atoms with van der Waals surface area (Å²) in [5.41, 5.74) is 4.23. The maximum atomic E-state index is 6.01. The van der Waals surface area contributed by atoms with Crippen molar-refractivity contribution in [3.05, 3.63) is 71.9 Å². The molecule has 0 saturated carbocycles. The summed E-state index contributed by atoms with van der Waals surface area (Å²) in [5, 5.41) is 8.62. The van der Waals surface area contributed by atoms with Crippen molar-refractivity contribution in [3.63, 3.8) is 0 Å². The Hall–Kier alpha value is -2.46. The van der Waals surface area contributed by atoms with Crippen molar-refractivity contribution in [1.29, 1.82) is 0 Å². The maximum absolute atomic E-state index is 6.01. The third kappa shape index (κ3) is 2.23. The topological polar surface area (TPSA) is 39.9 Å². The fourth-order valence-electron chi connectivity index (χ4n) is 2.70. The van der Waals surface area contributed by atoms with E-state index >= 15 is 0 Å². The molecule has 1 aromatic heterocycles. The van der Waals surface area contributed by atoms with Gasteiger partial charge in [0.05, 0.1) is 18.8 Å². The lowest BCUT2D eigenvalue weighted by atomic mass is 10.1. The van der Waals surface area contributed by atoms with Crippen LogP contribution in [-0.2, 0) is 17.9 Å². The molecule has 0 N–H and O–H groups in total. The summed E-state index contributed by atoms with van der Waals surface area (Å²) in [7, 11) is 0. The number of hydrogen-bond donors (Lipinski definition) is 0. The molecule has 3 aromatic rings. The van der Waals surface area contributed by atoms with E-state index in [0.29, 0.717) is 13.2 Å². The molecule has 1 aliphatic rings. The molecule has 0 saturated heterocycles. The number of ether oxygens (including phenoxy) is 1. The van der Waals surface area contributed by atoms with Gasteiger partial charge >= 0.3 is 0 Å². The summed E-state index contributed by atoms with van der Waals surface area (Å²) in [4.78, 5) is 0. The van der Waals surface area contributed by atoms with Gasteiger partial charge in [-0.2, -0.15) is 0 Å². The predicted molar refractivity (Wildman–Crippen MR) is 79.4 cm³/mol. The minimum Gasteiger partial charge on any atom is -0.365 e. The molecular formula is C17H15N3O. The number of nitrogens with zero attached hydrogens (tertiary/aromatic N) is 3. The highest BCUT2D eigenvalue weighted by atomic mass is 16.5. The monoisotopic (exact) mass is 277 g/mol. The second-order valence-corrected chi connectivity index (χ2v) is 5.14. The van der Waals surface area contributed by atoms with E-state index in [4.69, 9.17) is 4.74 Å². The first-order valence-corrected chi connectivity index (χ1v) is 7.06. The van der Waals surface area contributed by atoms with Crippen LogP contribution in [0.15, 0.2) is 60.7 Å². The first-order valence-electron chi connectivity index (χ1n) is 7.06. The number of aromatic nitrogens is 3. The van der Waals surface area contributed by atoms with Crippen LogP contribution in [0.25, 0.3) is 11.3 Å². The Morgan fingerprint density at radius 2 is 1.67 bits per heavy atom. The first-order chi connectivity index (χ1) is 10.4. The van der Waals surface area contributed by atoms with Crippen molar-refractivity contribution >= 4 is 0 Å². The second kappa shape index (κ2) is 5.14. The van der Waals surface area contributed by atoms with E-state index in [1.165, 1.54) is 5.56 Å². The van der Waals surface area contributed by atoms with Crippen molar-refractivity contribution < 1.29 is 4.74 Å². The van der Waals surface area contributed by atoms with Crippen LogP contribution in [-0.4, -0.2) is 15.0 Å². The highest BCUT2D eigenvalue weighted by Gasteiger charge is 2.25. The maximum Gasteiger partial charge on any atom is 0.118 e. The van der Waals surface area contributed by atoms with Crippen LogP contribution in [0.4, 0.5) is 0 Å². The van der Waals surface area contributed by atoms with Crippen LogP contribution in [0.2, 0.25) is 0 Å². The van der Waals surface area contributed by atoms with Gasteiger partial charge in [0.25, 0.3) is 0 Å². The number of hydrogen-bond acceptors (Lipinski definition) is 3. The molecular weight excluding hydrogens is 262 g/mol. The Morgan fingerprint density at radius 3 is 2.43 bits per heavy atom. The zero-order chi connectivity index (χ0) is 14.1. The van der Waals surface area contributed by atoms with E-state index in [9.17, 15) is 0 Å². The van der Waals surface area contributed by atoms with Gasteiger partial charge in [-0.25, -0.2) is 4.68 Å². The van der Waals surface area contributed by atoms with E-state index in [2.05, 4.69) is 22.4 Å². The summed E-state index contributed by atoms with van der Waals surface area (Å²) in [6.45, 7) is 1.25. The lowest BCUT2D eigenvalue weighted by Crippen LogP contribution is -2.22. The third-order valence-corrected chi connectivity index (χ3v) is 3.82. The molecule has 2 heterocycles. The van der Waals surface area contributed by atoms with Crippen LogP contribution in [0, 0.1) is 0 Å². The average molecular weight is 277 g/mol. The van der Waals surface area contributed by atoms with Gasteiger partial charge in [0.1, 0.15) is 11.8 Å². The fraction of sp³-hybridized carbons (Fsp3) is 0.176. The summed E-state index contributed by atoms with van der Waals surface area (Å²) in [5.74, 6) is 0. The summed E-state index contributed by atoms with van der Waals surface area (Å²) in [6, 6.07) is 20.4. The minimum absolute atomic E-state index is 0.0454. The third-order valence-electron chi connectivity index (χ3n) is 3.82. The number of fused-ring (bicyclic) bond motifs is 1. The van der Waals surface area contributed by atoms with Gasteiger partial charge in [-0.3, -0.25) is 0 Å². The van der Waals surface area contributed by atoms with Crippen molar-refractivity contribution in [2.75, 3.05) is 0 Å². The van der Waals surface area contributed by atoms with Crippen LogP contribution in [0.1, 0.15) is 17.4 Å². The predicted octanol–water partition coefficient (Wildman–Crippen LogP) is 3.22. The van der Waals surface area contributed by atoms with Gasteiger partial charge < -0.3 is 4.74 Å². The van der Waals surface area contributed by atoms with E-state index in [-0.39, 0.29) is 6.10 Å². The zero-order valence-electron chi connectivity index (χ0n) is 11.5. The molecule has 0 aliphatic carbocycles. The Bertz CT molecular complexity index is 737. The molecule has 2 aromatic carbocycles. The largest absolute Gasteiger partial charge is 0.365 e. The normalized spacial score (nSPS) is 17.4. The molecule has 1 aliphatic heterocycles. The van der Waals surface area contributed by atoms with E-state index in [1.807, 2.05) is 53.2 Å². The minimum atomic E-state index is 0.0454. The summed E-state index contributed by atoms with van der Waals surface area (Å²) in [6.07, 6.45) is 0.0454. The van der Waals surface area contributed by atoms with Gasteiger partial charge in [0.2, 0.25) is 0 Å². The molecule has 0 fully saturated rings. The fourth-order valence-corrected chi connectivity index (χ4v) is 2.70. The van der Waals surface area contributed by atoms with Crippen LogP contribution in [0.3, 0.4) is 0 Å². The molecule has 4 nitrogen and oxygen atoms in total. The lowest BCUT2D eigenvalue weighted by molar-refractivity contribution is -0.00109. The molecule has 1 unspecified atom stereocenters. The molecule has 0 radical (unpaired) electrons. The Morgan fingerprint density at radius 1 is 0.952 bits per heavy atom. The molecule has 0 bridgehead atoms. The van der Waals surface area contributed by atoms with Crippen molar-refractivity contribution in [3.8, 4) is 11.3 Å². The van der Waals surface area contributed by atoms with Crippen LogP contribution >= 0.6 is 0 Å². The van der Waals surface area contributed by atoms with Gasteiger partial charge in [0, 0.05) is 5.56 Å². The summed E-state index contributed by atoms with van der Waals surface area (Å²) >= 11 is 0. The van der Waals surface area contributed by atoms with Crippen LogP contribution in [0.5, 0.6) is 0 Å². The Kier molecular flexibility index (Phi) is 3.01. The highest BCUT2D eigenvalue weighted by Crippen LogP contribution is 2.30. The smallest absolute Gasteiger partial charge is 0.118 e. The molecule has 0 amide bonds. The molecule has 0 spiro atoms. The molecule has 104 valence electrons. The number of rotatable bonds is 2. The Labute approximate surface area is 123 Å². The van der Waals surface area contributed by atoms with E-state index in [1.54, 1.807) is 0 Å². The van der Waals surface area contributed by atoms with E-state index in [0.717, 1.165) is 17.0 Å². The van der Waals surface area contributed by atoms with Crippen molar-refractivity contribution in [2.45, 2.75) is 19.3 Å². The second-order valence-electron chi connectivity index (χ2n) is 5.14. The standard InChI is InChI=1S/C17H15N3O/c1-3-7-13(8-4-1)16-11-20-15(12-21-16)17(18-19-20)14-9-5-2-6-10-14/h1-10,16H,11-12H2. The first kappa shape index (κ1) is 12.3. The molecule has 4 heteroatoms. The van der Waals surface area contributed by atoms with Crippen molar-refractivity contribution in [2.24, 2.45) is 0 Å². The number of benzene rings is 2. The van der Waals surface area contributed by atoms with Gasteiger partial charge in [-0.05, 0) is 5.56 Å². The zero-order valence-corrected chi connectivity index (χ0v) is 11.5. The lowest BCUT2D eigenvalue weighted by Gasteiger charge is -2.24. The molecule has 4 rings (SSSR count). The summed E-state index contributed by atoms with van der Waals surface area (Å²) < 4.78 is 7.97. The SMILES string of the molecule is c1ccc(-c2nnn3c2COC(c2ccccc2)C3)cc1. The van der Waals surface area contributed by atoms with E-state index < -0.39 is 0 Å². The molecule has 1 atom stereocenters. The van der Waals surface area contributed by atoms with Crippen LogP contribution < -0.4 is 0 Å². The van der Waals surface area contributed by atoms with Gasteiger partial charge in [-0.15, -0.1) is 5.10 Å². The van der Waals surface area contributed by atoms with Gasteiger partial charge in [-0.1, -0.05) is 65.9 Å².